The molecular weight excluding hydrogens is 372 g/mol. The minimum atomic E-state index is -0.715. The van der Waals surface area contributed by atoms with Crippen LogP contribution < -0.4 is 5.32 Å². The Balaban J connectivity index is 1.85. The maximum Gasteiger partial charge on any atom is 0.250 e. The molecule has 2 heterocycles. The van der Waals surface area contributed by atoms with Crippen LogP contribution in [0.2, 0.25) is 0 Å². The van der Waals surface area contributed by atoms with Crippen LogP contribution in [0.3, 0.4) is 0 Å². The largest absolute Gasteiger partial charge is 0.464 e. The fourth-order valence-electron chi connectivity index (χ4n) is 3.76. The summed E-state index contributed by atoms with van der Waals surface area (Å²) < 4.78 is 5.83. The van der Waals surface area contributed by atoms with Gasteiger partial charge in [0.2, 0.25) is 5.91 Å². The Bertz CT molecular complexity index is 763. The van der Waals surface area contributed by atoms with Gasteiger partial charge in [0.25, 0.3) is 5.91 Å². The zero-order valence-electron chi connectivity index (χ0n) is 16.8. The Morgan fingerprint density at radius 3 is 2.68 bits per heavy atom. The van der Waals surface area contributed by atoms with Crippen molar-refractivity contribution in [3.8, 4) is 0 Å². The van der Waals surface area contributed by atoms with Crippen molar-refractivity contribution >= 4 is 23.2 Å². The molecule has 152 valence electrons. The highest BCUT2D eigenvalue weighted by Gasteiger charge is 2.35. The smallest absolute Gasteiger partial charge is 0.250 e. The number of hydrogen-bond acceptors (Lipinski definition) is 4. The van der Waals surface area contributed by atoms with Crippen molar-refractivity contribution in [3.05, 3.63) is 46.0 Å². The summed E-state index contributed by atoms with van der Waals surface area (Å²) in [6, 6.07) is 7.08. The summed E-state index contributed by atoms with van der Waals surface area (Å²) in [6.07, 6.45) is 6.43. The van der Waals surface area contributed by atoms with Crippen LogP contribution >= 0.6 is 11.3 Å². The molecule has 1 saturated carbocycles. The van der Waals surface area contributed by atoms with Crippen molar-refractivity contribution in [2.24, 2.45) is 0 Å². The number of thiophene rings is 1. The number of carbonyl (C=O) groups is 2. The molecule has 2 aromatic heterocycles. The minimum absolute atomic E-state index is 0.0310. The molecule has 0 aliphatic heterocycles. The van der Waals surface area contributed by atoms with Gasteiger partial charge in [-0.3, -0.25) is 9.59 Å². The molecule has 2 amide bonds. The van der Waals surface area contributed by atoms with Crippen LogP contribution in [0.5, 0.6) is 0 Å². The Hall–Kier alpha value is -2.08. The number of rotatable bonds is 9. The average Bonchev–Trinajstić information content (AvgIpc) is 3.42. The standard InChI is InChI=1S/C22H30N2O3S/c1-3-4-13-24(20(25)15-18-10-7-14-28-18)21(19-12-11-16(2)27-19)22(26)23-17-8-5-6-9-17/h7,10-12,14,17,21H,3-6,8-9,13,15H2,1-2H3,(H,23,26). The summed E-state index contributed by atoms with van der Waals surface area (Å²) in [4.78, 5) is 29.2. The van der Waals surface area contributed by atoms with E-state index in [4.69, 9.17) is 4.42 Å². The first-order valence-electron chi connectivity index (χ1n) is 10.3. The van der Waals surface area contributed by atoms with Crippen molar-refractivity contribution in [1.82, 2.24) is 10.2 Å². The molecule has 2 aromatic rings. The minimum Gasteiger partial charge on any atom is -0.464 e. The van der Waals surface area contributed by atoms with Crippen molar-refractivity contribution < 1.29 is 14.0 Å². The number of amides is 2. The molecule has 1 fully saturated rings. The summed E-state index contributed by atoms with van der Waals surface area (Å²) in [5.41, 5.74) is 0. The lowest BCUT2D eigenvalue weighted by molar-refractivity contribution is -0.141. The Labute approximate surface area is 171 Å². The highest BCUT2D eigenvalue weighted by Crippen LogP contribution is 2.27. The SMILES string of the molecule is CCCCN(C(=O)Cc1cccs1)C(C(=O)NC1CCCC1)c1ccc(C)o1. The van der Waals surface area contributed by atoms with E-state index in [9.17, 15) is 9.59 Å². The van der Waals surface area contributed by atoms with E-state index in [0.29, 0.717) is 18.7 Å². The Morgan fingerprint density at radius 1 is 1.29 bits per heavy atom. The topological polar surface area (TPSA) is 62.6 Å². The van der Waals surface area contributed by atoms with Gasteiger partial charge >= 0.3 is 0 Å². The van der Waals surface area contributed by atoms with Crippen LogP contribution in [0.1, 0.15) is 67.9 Å². The quantitative estimate of drug-likeness (QED) is 0.666. The molecule has 5 nitrogen and oxygen atoms in total. The molecule has 0 radical (unpaired) electrons. The molecule has 28 heavy (non-hydrogen) atoms. The summed E-state index contributed by atoms with van der Waals surface area (Å²) in [5.74, 6) is 1.13. The van der Waals surface area contributed by atoms with Crippen LogP contribution in [-0.2, 0) is 16.0 Å². The lowest BCUT2D eigenvalue weighted by Gasteiger charge is -2.30. The summed E-state index contributed by atoms with van der Waals surface area (Å²) in [6.45, 7) is 4.50. The predicted molar refractivity (Wildman–Crippen MR) is 111 cm³/mol. The molecule has 0 bridgehead atoms. The van der Waals surface area contributed by atoms with Crippen LogP contribution in [0.4, 0.5) is 0 Å². The Kier molecular flexibility index (Phi) is 7.31. The molecule has 1 aliphatic carbocycles. The third kappa shape index (κ3) is 5.25. The summed E-state index contributed by atoms with van der Waals surface area (Å²) in [7, 11) is 0. The van der Waals surface area contributed by atoms with Gasteiger partial charge in [-0.05, 0) is 49.8 Å². The molecule has 3 rings (SSSR count). The number of carbonyl (C=O) groups excluding carboxylic acids is 2. The number of furan rings is 1. The van der Waals surface area contributed by atoms with E-state index in [1.807, 2.05) is 36.6 Å². The van der Waals surface area contributed by atoms with Crippen LogP contribution in [0.25, 0.3) is 0 Å². The normalized spacial score (nSPS) is 15.5. The van der Waals surface area contributed by atoms with Crippen molar-refractivity contribution in [3.63, 3.8) is 0 Å². The van der Waals surface area contributed by atoms with E-state index in [2.05, 4.69) is 12.2 Å². The molecule has 1 N–H and O–H groups in total. The van der Waals surface area contributed by atoms with E-state index < -0.39 is 6.04 Å². The van der Waals surface area contributed by atoms with Gasteiger partial charge in [-0.1, -0.05) is 32.3 Å². The third-order valence-corrected chi connectivity index (χ3v) is 6.15. The van der Waals surface area contributed by atoms with E-state index in [1.54, 1.807) is 16.2 Å². The average molecular weight is 403 g/mol. The second-order valence-electron chi connectivity index (χ2n) is 7.54. The number of nitrogens with zero attached hydrogens (tertiary/aromatic N) is 1. The van der Waals surface area contributed by atoms with E-state index in [-0.39, 0.29) is 17.9 Å². The lowest BCUT2D eigenvalue weighted by atomic mass is 10.1. The molecular formula is C22H30N2O3S. The molecule has 1 atom stereocenters. The first kappa shape index (κ1) is 20.6. The number of nitrogens with one attached hydrogen (secondary N) is 1. The lowest BCUT2D eigenvalue weighted by Crippen LogP contribution is -2.46. The highest BCUT2D eigenvalue weighted by molar-refractivity contribution is 7.10. The summed E-state index contributed by atoms with van der Waals surface area (Å²) >= 11 is 1.57. The maximum atomic E-state index is 13.3. The zero-order valence-corrected chi connectivity index (χ0v) is 17.6. The molecule has 1 unspecified atom stereocenters. The second-order valence-corrected chi connectivity index (χ2v) is 8.57. The van der Waals surface area contributed by atoms with Crippen LogP contribution in [0.15, 0.2) is 34.1 Å². The number of aryl methyl sites for hydroxylation is 1. The Morgan fingerprint density at radius 2 is 2.07 bits per heavy atom. The molecule has 0 aromatic carbocycles. The van der Waals surface area contributed by atoms with E-state index >= 15 is 0 Å². The van der Waals surface area contributed by atoms with E-state index in [1.165, 1.54) is 0 Å². The van der Waals surface area contributed by atoms with Gasteiger partial charge in [0.05, 0.1) is 6.42 Å². The number of unbranched alkanes of at least 4 members (excludes halogenated alkanes) is 1. The van der Waals surface area contributed by atoms with Gasteiger partial charge in [0, 0.05) is 17.5 Å². The monoisotopic (exact) mass is 402 g/mol. The third-order valence-electron chi connectivity index (χ3n) is 5.27. The van der Waals surface area contributed by atoms with Crippen molar-refractivity contribution in [2.45, 2.75) is 70.9 Å². The molecule has 6 heteroatoms. The van der Waals surface area contributed by atoms with Crippen LogP contribution in [-0.4, -0.2) is 29.3 Å². The highest BCUT2D eigenvalue weighted by atomic mass is 32.1. The first-order chi connectivity index (χ1) is 13.6. The molecule has 0 saturated heterocycles. The van der Waals surface area contributed by atoms with Crippen LogP contribution in [0, 0.1) is 6.92 Å². The zero-order chi connectivity index (χ0) is 19.9. The van der Waals surface area contributed by atoms with Crippen molar-refractivity contribution in [2.75, 3.05) is 6.54 Å². The molecule has 0 spiro atoms. The van der Waals surface area contributed by atoms with Gasteiger partial charge in [-0.2, -0.15) is 0 Å². The van der Waals surface area contributed by atoms with Gasteiger partial charge in [-0.25, -0.2) is 0 Å². The van der Waals surface area contributed by atoms with Gasteiger partial charge in [0.15, 0.2) is 6.04 Å². The fourth-order valence-corrected chi connectivity index (χ4v) is 4.46. The van der Waals surface area contributed by atoms with Crippen molar-refractivity contribution in [1.29, 1.82) is 0 Å². The summed E-state index contributed by atoms with van der Waals surface area (Å²) in [5, 5.41) is 5.14. The van der Waals surface area contributed by atoms with E-state index in [0.717, 1.165) is 49.2 Å². The number of hydrogen-bond donors (Lipinski definition) is 1. The maximum absolute atomic E-state index is 13.3. The molecule has 1 aliphatic rings. The van der Waals surface area contributed by atoms with Gasteiger partial charge < -0.3 is 14.6 Å². The fraction of sp³-hybridized carbons (Fsp3) is 0.545. The first-order valence-corrected chi connectivity index (χ1v) is 11.1. The second kappa shape index (κ2) is 9.92. The van der Waals surface area contributed by atoms with Gasteiger partial charge in [0.1, 0.15) is 11.5 Å². The predicted octanol–water partition coefficient (Wildman–Crippen LogP) is 4.62. The van der Waals surface area contributed by atoms with Gasteiger partial charge in [-0.15, -0.1) is 11.3 Å².